The molecule has 4 aromatic carbocycles. The lowest BCUT2D eigenvalue weighted by Crippen LogP contribution is -2.53. The quantitative estimate of drug-likeness (QED) is 0.0446. The second-order valence-electron chi connectivity index (χ2n) is 14.5. The molecule has 3 atom stereocenters. The largest absolute Gasteiger partial charge is 0.505 e. The summed E-state index contributed by atoms with van der Waals surface area (Å²) in [5.41, 5.74) is 1.69. The van der Waals surface area contributed by atoms with Crippen molar-refractivity contribution in [2.75, 3.05) is 42.8 Å². The molecule has 15 nitrogen and oxygen atoms in total. The molecule has 0 radical (unpaired) electrons. The first-order valence-corrected chi connectivity index (χ1v) is 19.8. The van der Waals surface area contributed by atoms with E-state index in [1.807, 2.05) is 68.4 Å². The number of anilines is 4. The van der Waals surface area contributed by atoms with Gasteiger partial charge in [-0.3, -0.25) is 39.0 Å². The third kappa shape index (κ3) is 11.6. The number of nitrogens with one attached hydrogen (secondary N) is 3. The maximum atomic E-state index is 13.3. The minimum Gasteiger partial charge on any atom is -0.505 e. The van der Waals surface area contributed by atoms with E-state index in [2.05, 4.69) is 16.0 Å². The summed E-state index contributed by atoms with van der Waals surface area (Å²) in [6, 6.07) is 23.7. The maximum absolute atomic E-state index is 13.3. The van der Waals surface area contributed by atoms with Gasteiger partial charge in [0.1, 0.15) is 35.5 Å². The summed E-state index contributed by atoms with van der Waals surface area (Å²) in [6.45, 7) is 5.31. The molecule has 1 aliphatic heterocycles. The number of hydrogen-bond donors (Lipinski definition) is 5. The van der Waals surface area contributed by atoms with Crippen LogP contribution in [-0.2, 0) is 32.0 Å². The van der Waals surface area contributed by atoms with Gasteiger partial charge in [-0.15, -0.1) is 12.4 Å². The van der Waals surface area contributed by atoms with Crippen LogP contribution >= 0.6 is 12.4 Å². The Morgan fingerprint density at radius 1 is 0.918 bits per heavy atom. The van der Waals surface area contributed by atoms with Crippen molar-refractivity contribution in [2.24, 2.45) is 0 Å². The minimum atomic E-state index is -1.09. The van der Waals surface area contributed by atoms with E-state index in [1.54, 1.807) is 39.2 Å². The fraction of sp³-hybridized carbons (Fsp3) is 0.333. The van der Waals surface area contributed by atoms with Crippen LogP contribution in [0.3, 0.4) is 0 Å². The number of furan rings is 1. The van der Waals surface area contributed by atoms with Crippen LogP contribution in [0.4, 0.5) is 22.7 Å². The molecule has 0 fully saturated rings. The van der Waals surface area contributed by atoms with E-state index >= 15 is 0 Å². The monoisotopic (exact) mass is 857 g/mol. The Hall–Kier alpha value is -6.45. The van der Waals surface area contributed by atoms with E-state index in [1.165, 1.54) is 21.9 Å². The second-order valence-corrected chi connectivity index (χ2v) is 14.5. The summed E-state index contributed by atoms with van der Waals surface area (Å²) in [6.07, 6.45) is 2.82. The van der Waals surface area contributed by atoms with Gasteiger partial charge in [0.05, 0.1) is 29.9 Å². The third-order valence-corrected chi connectivity index (χ3v) is 10.1. The number of phenolic OH excluding ortho intramolecular Hbond substituents is 1. The van der Waals surface area contributed by atoms with Crippen molar-refractivity contribution in [1.29, 1.82) is 0 Å². The molecule has 1 aromatic heterocycles. The van der Waals surface area contributed by atoms with E-state index < -0.39 is 41.4 Å². The number of hydrogen-bond acceptors (Lipinski definition) is 12. The number of phenols is 1. The number of benzene rings is 3. The number of carboxylic acid groups (broad SMARTS) is 1. The summed E-state index contributed by atoms with van der Waals surface area (Å²) in [4.78, 5) is 76.4. The van der Waals surface area contributed by atoms with Gasteiger partial charge in [-0.1, -0.05) is 61.5 Å². The Labute approximate surface area is 359 Å². The predicted molar refractivity (Wildman–Crippen MR) is 235 cm³/mol. The molecule has 0 spiro atoms. The van der Waals surface area contributed by atoms with Crippen molar-refractivity contribution in [2.45, 2.75) is 71.0 Å². The zero-order chi connectivity index (χ0) is 43.5. The molecule has 0 aliphatic carbocycles. The number of halogens is 1. The normalized spacial score (nSPS) is 14.3. The predicted octanol–water partition coefficient (Wildman–Crippen LogP) is 5.89. The highest BCUT2D eigenvalue weighted by molar-refractivity contribution is 6.02. The molecule has 324 valence electrons. The van der Waals surface area contributed by atoms with Crippen LogP contribution in [-0.4, -0.2) is 78.2 Å². The van der Waals surface area contributed by atoms with Crippen LogP contribution in [0.5, 0.6) is 5.75 Å². The van der Waals surface area contributed by atoms with Crippen LogP contribution in [0.15, 0.2) is 98.9 Å². The highest BCUT2D eigenvalue weighted by atomic mass is 35.5. The standard InChI is InChI=1S/C24H28N2O5.C21H23N3O5.ClH/c1-2-31-24(30)20(14-12-17-8-4-3-5-9-17)25-19-15-13-18-10-6-7-11-21(18)26(23(19)29)16-22(27)28;1-5-13(15-10-9-11(2)29-15)22-16-17(20(27)19(16)26)23-14-8-6-7-12(18(14)25)21(28)24(3)4;/h3-11,19-20,25H,2,12-16H2,1H3,(H,27,28);6-10,13,22-23,25H,5H2,1-4H3;1H/t19-,20-;13-;/m01./s1. The number of amides is 2. The number of aryl methyl sites for hydroxylation is 3. The van der Waals surface area contributed by atoms with Gasteiger partial charge in [-0.05, 0) is 87.4 Å². The van der Waals surface area contributed by atoms with Crippen LogP contribution < -0.4 is 31.7 Å². The van der Waals surface area contributed by atoms with Crippen LogP contribution in [0.2, 0.25) is 0 Å². The lowest BCUT2D eigenvalue weighted by molar-refractivity contribution is -0.146. The molecule has 6 rings (SSSR count). The Morgan fingerprint density at radius 3 is 2.25 bits per heavy atom. The summed E-state index contributed by atoms with van der Waals surface area (Å²) in [5, 5.41) is 28.8. The van der Waals surface area contributed by atoms with E-state index in [9.17, 15) is 39.0 Å². The fourth-order valence-corrected chi connectivity index (χ4v) is 6.91. The van der Waals surface area contributed by atoms with E-state index in [0.717, 1.165) is 16.9 Å². The van der Waals surface area contributed by atoms with Crippen molar-refractivity contribution in [3.8, 4) is 5.75 Å². The lowest BCUT2D eigenvalue weighted by Gasteiger charge is -2.27. The van der Waals surface area contributed by atoms with Gasteiger partial charge >= 0.3 is 11.9 Å². The number of carbonyl (C=O) groups is 4. The first-order valence-electron chi connectivity index (χ1n) is 19.8. The highest BCUT2D eigenvalue weighted by Gasteiger charge is 2.34. The van der Waals surface area contributed by atoms with E-state index in [0.29, 0.717) is 43.6 Å². The van der Waals surface area contributed by atoms with Crippen molar-refractivity contribution < 1.29 is 38.5 Å². The van der Waals surface area contributed by atoms with Crippen LogP contribution in [0.1, 0.15) is 72.2 Å². The van der Waals surface area contributed by atoms with Gasteiger partial charge in [-0.25, -0.2) is 0 Å². The minimum absolute atomic E-state index is 0. The number of aromatic hydroxyl groups is 1. The first-order chi connectivity index (χ1) is 28.7. The number of carbonyl (C=O) groups excluding carboxylic acids is 3. The van der Waals surface area contributed by atoms with Crippen molar-refractivity contribution >= 4 is 58.9 Å². The molecule has 16 heteroatoms. The van der Waals surface area contributed by atoms with Gasteiger partial charge in [0.2, 0.25) is 5.91 Å². The topological polar surface area (TPSA) is 208 Å². The molecule has 5 aromatic rings. The third-order valence-electron chi connectivity index (χ3n) is 10.1. The van der Waals surface area contributed by atoms with E-state index in [-0.39, 0.29) is 65.2 Å². The number of esters is 1. The summed E-state index contributed by atoms with van der Waals surface area (Å²) < 4.78 is 10.9. The smallest absolute Gasteiger partial charge is 0.323 e. The molecule has 5 N–H and O–H groups in total. The average Bonchev–Trinajstić information content (AvgIpc) is 3.63. The van der Waals surface area contributed by atoms with Gasteiger partial charge in [0.15, 0.2) is 5.75 Å². The Kier molecular flexibility index (Phi) is 16.8. The van der Waals surface area contributed by atoms with Crippen LogP contribution in [0.25, 0.3) is 0 Å². The molecular weight excluding hydrogens is 806 g/mol. The molecule has 2 amide bonds. The molecule has 2 heterocycles. The second kappa shape index (κ2) is 21.7. The number of aliphatic carboxylic acids is 1. The molecule has 1 aliphatic rings. The van der Waals surface area contributed by atoms with Gasteiger partial charge < -0.3 is 34.9 Å². The summed E-state index contributed by atoms with van der Waals surface area (Å²) in [5.74, 6) is -1.11. The number of nitrogens with zero attached hydrogens (tertiary/aromatic N) is 2. The molecule has 61 heavy (non-hydrogen) atoms. The van der Waals surface area contributed by atoms with Gasteiger partial charge in [0.25, 0.3) is 16.8 Å². The summed E-state index contributed by atoms with van der Waals surface area (Å²) in [7, 11) is 3.14. The van der Waals surface area contributed by atoms with Crippen LogP contribution in [0, 0.1) is 6.92 Å². The van der Waals surface area contributed by atoms with Crippen molar-refractivity contribution in [1.82, 2.24) is 10.2 Å². The maximum Gasteiger partial charge on any atom is 0.323 e. The molecule has 0 bridgehead atoms. The van der Waals surface area contributed by atoms with Gasteiger partial charge in [0, 0.05) is 19.8 Å². The Bertz CT molecular complexity index is 2370. The molecule has 0 saturated heterocycles. The average molecular weight is 858 g/mol. The Morgan fingerprint density at radius 2 is 1.61 bits per heavy atom. The number of rotatable bonds is 16. The lowest BCUT2D eigenvalue weighted by atomic mass is 10.0. The fourth-order valence-electron chi connectivity index (χ4n) is 6.91. The van der Waals surface area contributed by atoms with Crippen molar-refractivity contribution in [3.05, 3.63) is 134 Å². The molecule has 0 saturated carbocycles. The zero-order valence-corrected chi connectivity index (χ0v) is 35.5. The summed E-state index contributed by atoms with van der Waals surface area (Å²) >= 11 is 0. The number of ether oxygens (including phenoxy) is 1. The first kappa shape index (κ1) is 47.2. The SMILES string of the molecule is CCOC(=O)[C@H](CCc1ccccc1)N[C@H]1CCc2ccccc2N(CC(=O)O)C1=O.CC[C@@H](Nc1c(Nc2cccc(C(=O)N(C)C)c2O)c(=O)c1=O)c1ccc(C)o1.Cl. The number of fused-ring (bicyclic) bond motifs is 1. The van der Waals surface area contributed by atoms with Gasteiger partial charge in [-0.2, -0.15) is 0 Å². The highest BCUT2D eigenvalue weighted by Crippen LogP contribution is 2.34. The molecule has 0 unspecified atom stereocenters. The van der Waals surface area contributed by atoms with Crippen molar-refractivity contribution in [3.63, 3.8) is 0 Å². The zero-order valence-electron chi connectivity index (χ0n) is 34.7. The Balaban J connectivity index is 0.000000265. The number of para-hydroxylation sites is 2. The van der Waals surface area contributed by atoms with E-state index in [4.69, 9.17) is 9.15 Å². The number of carboxylic acids is 1. The molecular formula is C45H52ClN5O10.